The molecule has 5 aliphatic rings. The van der Waals surface area contributed by atoms with Crippen LogP contribution in [0.1, 0.15) is 50.5 Å². The van der Waals surface area contributed by atoms with Crippen LogP contribution in [0.4, 0.5) is 0 Å². The molecule has 5 nitrogen and oxygen atoms in total. The fourth-order valence-electron chi connectivity index (χ4n) is 6.75. The molecule has 4 aliphatic carbocycles. The average molecular weight is 395 g/mol. The molecule has 1 heterocycles. The summed E-state index contributed by atoms with van der Waals surface area (Å²) in [4.78, 5) is 39.6. The van der Waals surface area contributed by atoms with Crippen LogP contribution in [0.5, 0.6) is 0 Å². The standard InChI is InChI=1S/C24H29NO4/c26-21(24-10-17-6-18(11-24)8-19(7-17)12-24)15-29-23(28)20-9-22(27)25(14-20)13-16-4-2-1-3-5-16/h1-5,17-20H,6-15H2/t17?,18?,19?,20-,24?/m0/s1. The molecule has 4 bridgehead atoms. The monoisotopic (exact) mass is 395 g/mol. The van der Waals surface area contributed by atoms with Crippen molar-refractivity contribution in [2.45, 2.75) is 51.5 Å². The number of amides is 1. The highest BCUT2D eigenvalue weighted by molar-refractivity contribution is 5.90. The van der Waals surface area contributed by atoms with Crippen LogP contribution in [0, 0.1) is 29.1 Å². The van der Waals surface area contributed by atoms with Crippen LogP contribution in [-0.2, 0) is 25.7 Å². The Kier molecular flexibility index (Phi) is 4.72. The highest BCUT2D eigenvalue weighted by Gasteiger charge is 2.54. The van der Waals surface area contributed by atoms with Gasteiger partial charge < -0.3 is 9.64 Å². The Hall–Kier alpha value is -2.17. The molecular weight excluding hydrogens is 366 g/mol. The molecule has 29 heavy (non-hydrogen) atoms. The number of Topliss-reactive ketones (excluding diaryl/α,β-unsaturated/α-hetero) is 1. The summed E-state index contributed by atoms with van der Waals surface area (Å²) < 4.78 is 5.46. The summed E-state index contributed by atoms with van der Waals surface area (Å²) in [5.74, 6) is 1.32. The smallest absolute Gasteiger partial charge is 0.311 e. The second-order valence-corrected chi connectivity index (χ2v) is 9.89. The Balaban J connectivity index is 1.15. The van der Waals surface area contributed by atoms with Crippen molar-refractivity contribution < 1.29 is 19.1 Å². The summed E-state index contributed by atoms with van der Waals surface area (Å²) in [6.45, 7) is 0.766. The summed E-state index contributed by atoms with van der Waals surface area (Å²) >= 11 is 0. The number of hydrogen-bond donors (Lipinski definition) is 0. The van der Waals surface area contributed by atoms with Gasteiger partial charge in [-0.15, -0.1) is 0 Å². The first-order chi connectivity index (χ1) is 14.0. The number of carbonyl (C=O) groups excluding carboxylic acids is 3. The summed E-state index contributed by atoms with van der Waals surface area (Å²) in [7, 11) is 0. The largest absolute Gasteiger partial charge is 0.457 e. The lowest BCUT2D eigenvalue weighted by atomic mass is 9.48. The molecule has 6 rings (SSSR count). The van der Waals surface area contributed by atoms with Crippen LogP contribution in [0.2, 0.25) is 0 Å². The predicted octanol–water partition coefficient (Wildman–Crippen LogP) is 3.36. The van der Waals surface area contributed by atoms with Gasteiger partial charge in [0, 0.05) is 24.9 Å². The van der Waals surface area contributed by atoms with Crippen molar-refractivity contribution in [2.24, 2.45) is 29.1 Å². The van der Waals surface area contributed by atoms with Crippen molar-refractivity contribution in [1.82, 2.24) is 4.90 Å². The van der Waals surface area contributed by atoms with Crippen LogP contribution in [0.25, 0.3) is 0 Å². The molecule has 1 aromatic carbocycles. The predicted molar refractivity (Wildman–Crippen MR) is 107 cm³/mol. The Morgan fingerprint density at radius 1 is 1.00 bits per heavy atom. The summed E-state index contributed by atoms with van der Waals surface area (Å²) in [6.07, 6.45) is 7.00. The molecule has 0 aromatic heterocycles. The molecule has 1 saturated heterocycles. The normalized spacial score (nSPS) is 35.2. The van der Waals surface area contributed by atoms with E-state index in [1.54, 1.807) is 4.90 Å². The van der Waals surface area contributed by atoms with Gasteiger partial charge in [0.1, 0.15) is 0 Å². The van der Waals surface area contributed by atoms with E-state index in [0.29, 0.717) is 30.8 Å². The highest BCUT2D eigenvalue weighted by atomic mass is 16.5. The van der Waals surface area contributed by atoms with Gasteiger partial charge in [-0.1, -0.05) is 30.3 Å². The molecule has 0 spiro atoms. The average Bonchev–Trinajstić information content (AvgIpc) is 3.06. The number of rotatable bonds is 6. The second-order valence-electron chi connectivity index (χ2n) is 9.89. The summed E-state index contributed by atoms with van der Waals surface area (Å²) in [5, 5.41) is 0. The van der Waals surface area contributed by atoms with Crippen molar-refractivity contribution >= 4 is 17.7 Å². The van der Waals surface area contributed by atoms with E-state index in [9.17, 15) is 14.4 Å². The van der Waals surface area contributed by atoms with Crippen LogP contribution in [0.15, 0.2) is 30.3 Å². The molecule has 1 amide bonds. The SMILES string of the molecule is O=C(OCC(=O)C12CC3CC(CC(C3)C1)C2)[C@H]1CC(=O)N(Cc2ccccc2)C1. The molecule has 0 radical (unpaired) electrons. The number of likely N-dealkylation sites (tertiary alicyclic amines) is 1. The lowest BCUT2D eigenvalue weighted by molar-refractivity contribution is -0.160. The number of esters is 1. The molecule has 5 heteroatoms. The van der Waals surface area contributed by atoms with Gasteiger partial charge in [0.2, 0.25) is 5.91 Å². The van der Waals surface area contributed by atoms with E-state index < -0.39 is 11.9 Å². The second kappa shape index (κ2) is 7.26. The van der Waals surface area contributed by atoms with E-state index in [-0.39, 0.29) is 30.1 Å². The van der Waals surface area contributed by atoms with Gasteiger partial charge in [0.15, 0.2) is 12.4 Å². The van der Waals surface area contributed by atoms with Crippen LogP contribution < -0.4 is 0 Å². The molecule has 1 aliphatic heterocycles. The molecule has 0 N–H and O–H groups in total. The maximum Gasteiger partial charge on any atom is 0.311 e. The maximum absolute atomic E-state index is 13.0. The first-order valence-electron chi connectivity index (χ1n) is 11.0. The van der Waals surface area contributed by atoms with Crippen molar-refractivity contribution in [3.63, 3.8) is 0 Å². The Labute approximate surface area is 171 Å². The van der Waals surface area contributed by atoms with Gasteiger partial charge in [0.25, 0.3) is 0 Å². The Morgan fingerprint density at radius 3 is 2.24 bits per heavy atom. The third-order valence-corrected chi connectivity index (χ3v) is 7.74. The molecular formula is C24H29NO4. The van der Waals surface area contributed by atoms with E-state index in [1.807, 2.05) is 30.3 Å². The van der Waals surface area contributed by atoms with Gasteiger partial charge in [-0.2, -0.15) is 0 Å². The highest BCUT2D eigenvalue weighted by Crippen LogP contribution is 2.60. The van der Waals surface area contributed by atoms with Gasteiger partial charge in [-0.25, -0.2) is 0 Å². The number of ketones is 1. The number of benzene rings is 1. The number of carbonyl (C=O) groups is 3. The lowest BCUT2D eigenvalue weighted by Gasteiger charge is -2.55. The van der Waals surface area contributed by atoms with Crippen molar-refractivity contribution in [2.75, 3.05) is 13.2 Å². The van der Waals surface area contributed by atoms with Gasteiger partial charge in [-0.05, 0) is 61.8 Å². The van der Waals surface area contributed by atoms with E-state index in [2.05, 4.69) is 0 Å². The van der Waals surface area contributed by atoms with Crippen LogP contribution in [-0.4, -0.2) is 35.7 Å². The number of ether oxygens (including phenoxy) is 1. The van der Waals surface area contributed by atoms with Gasteiger partial charge in [0.05, 0.1) is 5.92 Å². The molecule has 1 atom stereocenters. The van der Waals surface area contributed by atoms with Crippen molar-refractivity contribution in [3.05, 3.63) is 35.9 Å². The van der Waals surface area contributed by atoms with E-state index >= 15 is 0 Å². The minimum atomic E-state index is -0.463. The van der Waals surface area contributed by atoms with Crippen molar-refractivity contribution in [3.8, 4) is 0 Å². The third-order valence-electron chi connectivity index (χ3n) is 7.74. The Morgan fingerprint density at radius 2 is 1.62 bits per heavy atom. The fourth-order valence-corrected chi connectivity index (χ4v) is 6.75. The van der Waals surface area contributed by atoms with Gasteiger partial charge in [-0.3, -0.25) is 14.4 Å². The lowest BCUT2D eigenvalue weighted by Crippen LogP contribution is -2.51. The van der Waals surface area contributed by atoms with E-state index in [0.717, 1.165) is 24.8 Å². The minimum absolute atomic E-state index is 0.0248. The molecule has 0 unspecified atom stereocenters. The van der Waals surface area contributed by atoms with E-state index in [1.165, 1.54) is 19.3 Å². The van der Waals surface area contributed by atoms with Crippen LogP contribution >= 0.6 is 0 Å². The quantitative estimate of drug-likeness (QED) is 0.693. The van der Waals surface area contributed by atoms with Gasteiger partial charge >= 0.3 is 5.97 Å². The molecule has 4 saturated carbocycles. The van der Waals surface area contributed by atoms with Crippen molar-refractivity contribution in [1.29, 1.82) is 0 Å². The summed E-state index contributed by atoms with van der Waals surface area (Å²) in [5.41, 5.74) is 0.812. The zero-order valence-electron chi connectivity index (χ0n) is 16.8. The molecule has 154 valence electrons. The first kappa shape index (κ1) is 18.8. The minimum Gasteiger partial charge on any atom is -0.457 e. The Bertz CT molecular complexity index is 782. The number of hydrogen-bond acceptors (Lipinski definition) is 4. The molecule has 5 fully saturated rings. The molecule has 1 aromatic rings. The van der Waals surface area contributed by atoms with E-state index in [4.69, 9.17) is 4.74 Å². The maximum atomic E-state index is 13.0. The van der Waals surface area contributed by atoms with Crippen LogP contribution in [0.3, 0.4) is 0 Å². The first-order valence-corrected chi connectivity index (χ1v) is 11.0. The number of nitrogens with zero attached hydrogens (tertiary/aromatic N) is 1. The summed E-state index contributed by atoms with van der Waals surface area (Å²) in [6, 6.07) is 9.78. The fraction of sp³-hybridized carbons (Fsp3) is 0.625. The zero-order chi connectivity index (χ0) is 20.0. The zero-order valence-corrected chi connectivity index (χ0v) is 16.8. The topological polar surface area (TPSA) is 63.7 Å². The third kappa shape index (κ3) is 3.60.